The van der Waals surface area contributed by atoms with Gasteiger partial charge in [-0.05, 0) is 47.5 Å². The summed E-state index contributed by atoms with van der Waals surface area (Å²) in [7, 11) is 0. The second kappa shape index (κ2) is 8.15. The molecule has 6 nitrogen and oxygen atoms in total. The van der Waals surface area contributed by atoms with Crippen LogP contribution in [0.3, 0.4) is 0 Å². The SMILES string of the molecule is CC[C@H](CC=O)CN(C(=O)OC(C)(C)C)C(=O)OC(C)(C)C. The van der Waals surface area contributed by atoms with Gasteiger partial charge in [-0.25, -0.2) is 14.5 Å². The van der Waals surface area contributed by atoms with E-state index in [1.54, 1.807) is 41.5 Å². The quantitative estimate of drug-likeness (QED) is 0.722. The predicted octanol–water partition coefficient (Wildman–Crippen LogP) is 3.77. The van der Waals surface area contributed by atoms with Crippen molar-refractivity contribution in [2.45, 2.75) is 72.5 Å². The smallest absolute Gasteiger partial charge is 0.419 e. The largest absolute Gasteiger partial charge is 0.443 e. The summed E-state index contributed by atoms with van der Waals surface area (Å²) in [6, 6.07) is 0. The highest BCUT2D eigenvalue weighted by Gasteiger charge is 2.32. The Hall–Kier alpha value is -1.59. The fourth-order valence-corrected chi connectivity index (χ4v) is 1.62. The van der Waals surface area contributed by atoms with E-state index in [9.17, 15) is 14.4 Å². The highest BCUT2D eigenvalue weighted by molar-refractivity contribution is 5.88. The minimum absolute atomic E-state index is 0.0963. The molecule has 0 aliphatic carbocycles. The third kappa shape index (κ3) is 8.64. The summed E-state index contributed by atoms with van der Waals surface area (Å²) < 4.78 is 10.5. The molecule has 0 radical (unpaired) electrons. The molecule has 0 aromatic rings. The standard InChI is InChI=1S/C16H29NO5/c1-8-12(9-10-18)11-17(13(19)21-15(2,3)4)14(20)22-16(5,6)7/h10,12H,8-9,11H2,1-7H3/t12-/m1/s1. The molecule has 1 atom stereocenters. The Balaban J connectivity index is 5.16. The lowest BCUT2D eigenvalue weighted by atomic mass is 10.0. The van der Waals surface area contributed by atoms with Crippen molar-refractivity contribution < 1.29 is 23.9 Å². The maximum Gasteiger partial charge on any atom is 0.419 e. The Morgan fingerprint density at radius 3 is 1.68 bits per heavy atom. The van der Waals surface area contributed by atoms with Crippen LogP contribution in [-0.2, 0) is 14.3 Å². The molecule has 0 heterocycles. The molecule has 0 aromatic carbocycles. The van der Waals surface area contributed by atoms with Gasteiger partial charge in [-0.2, -0.15) is 0 Å². The molecule has 0 aromatic heterocycles. The van der Waals surface area contributed by atoms with Gasteiger partial charge >= 0.3 is 12.2 Å². The van der Waals surface area contributed by atoms with Crippen molar-refractivity contribution in [3.63, 3.8) is 0 Å². The van der Waals surface area contributed by atoms with Crippen LogP contribution in [0.4, 0.5) is 9.59 Å². The second-order valence-corrected chi connectivity index (χ2v) is 7.25. The monoisotopic (exact) mass is 315 g/mol. The summed E-state index contributed by atoms with van der Waals surface area (Å²) in [4.78, 5) is 36.2. The van der Waals surface area contributed by atoms with Crippen LogP contribution >= 0.6 is 0 Å². The minimum atomic E-state index is -0.758. The molecule has 0 fully saturated rings. The topological polar surface area (TPSA) is 72.9 Å². The Kier molecular flexibility index (Phi) is 7.56. The molecule has 0 aliphatic heterocycles. The number of ether oxygens (including phenoxy) is 2. The molecule has 2 amide bonds. The first-order chi connectivity index (χ1) is 9.89. The average molecular weight is 315 g/mol. The first-order valence-corrected chi connectivity index (χ1v) is 7.56. The van der Waals surface area contributed by atoms with E-state index < -0.39 is 23.4 Å². The highest BCUT2D eigenvalue weighted by atomic mass is 16.6. The Labute approximate surface area is 133 Å². The van der Waals surface area contributed by atoms with E-state index in [2.05, 4.69) is 0 Å². The van der Waals surface area contributed by atoms with E-state index in [-0.39, 0.29) is 18.9 Å². The molecule has 0 aliphatic rings. The Bertz CT molecular complexity index is 364. The number of rotatable bonds is 5. The van der Waals surface area contributed by atoms with Crippen molar-refractivity contribution in [1.82, 2.24) is 4.90 Å². The number of carbonyl (C=O) groups is 3. The second-order valence-electron chi connectivity index (χ2n) is 7.25. The third-order valence-corrected chi connectivity index (χ3v) is 2.68. The number of hydrogen-bond acceptors (Lipinski definition) is 5. The normalized spacial score (nSPS) is 13.2. The van der Waals surface area contributed by atoms with Gasteiger partial charge in [0.05, 0.1) is 0 Å². The van der Waals surface area contributed by atoms with Crippen LogP contribution in [0, 0.1) is 5.92 Å². The first-order valence-electron chi connectivity index (χ1n) is 7.56. The molecule has 6 heteroatoms. The van der Waals surface area contributed by atoms with Crippen LogP contribution < -0.4 is 0 Å². The van der Waals surface area contributed by atoms with Crippen LogP contribution in [0.2, 0.25) is 0 Å². The van der Waals surface area contributed by atoms with Crippen molar-refractivity contribution in [2.75, 3.05) is 6.54 Å². The summed E-state index contributed by atoms with van der Waals surface area (Å²) in [6.45, 7) is 12.3. The van der Waals surface area contributed by atoms with Crippen molar-refractivity contribution in [2.24, 2.45) is 5.92 Å². The predicted molar refractivity (Wildman–Crippen MR) is 83.6 cm³/mol. The van der Waals surface area contributed by atoms with Crippen LogP contribution in [0.1, 0.15) is 61.3 Å². The van der Waals surface area contributed by atoms with Crippen molar-refractivity contribution in [3.05, 3.63) is 0 Å². The maximum atomic E-state index is 12.3. The molecule has 0 rings (SSSR count). The summed E-state index contributed by atoms with van der Waals surface area (Å²) in [5.41, 5.74) is -1.44. The van der Waals surface area contributed by atoms with Gasteiger partial charge in [-0.15, -0.1) is 0 Å². The zero-order chi connectivity index (χ0) is 17.6. The van der Waals surface area contributed by atoms with Gasteiger partial charge in [0.2, 0.25) is 0 Å². The molecule has 128 valence electrons. The number of amides is 2. The van der Waals surface area contributed by atoms with E-state index >= 15 is 0 Å². The van der Waals surface area contributed by atoms with E-state index in [0.717, 1.165) is 11.2 Å². The van der Waals surface area contributed by atoms with Gasteiger partial charge in [0.15, 0.2) is 0 Å². The van der Waals surface area contributed by atoms with E-state index in [0.29, 0.717) is 6.42 Å². The molecule has 0 saturated carbocycles. The summed E-state index contributed by atoms with van der Waals surface area (Å²) in [5.74, 6) is -0.113. The van der Waals surface area contributed by atoms with Crippen molar-refractivity contribution in [1.29, 1.82) is 0 Å². The van der Waals surface area contributed by atoms with Crippen LogP contribution in [-0.4, -0.2) is 41.1 Å². The minimum Gasteiger partial charge on any atom is -0.443 e. The molecule has 0 N–H and O–H groups in total. The van der Waals surface area contributed by atoms with E-state index in [1.807, 2.05) is 6.92 Å². The molecule has 0 saturated heterocycles. The van der Waals surface area contributed by atoms with Crippen molar-refractivity contribution >= 4 is 18.5 Å². The van der Waals surface area contributed by atoms with Gasteiger partial charge in [0.25, 0.3) is 0 Å². The van der Waals surface area contributed by atoms with E-state index in [4.69, 9.17) is 9.47 Å². The highest BCUT2D eigenvalue weighted by Crippen LogP contribution is 2.17. The van der Waals surface area contributed by atoms with Crippen LogP contribution in [0.5, 0.6) is 0 Å². The van der Waals surface area contributed by atoms with Gasteiger partial charge in [-0.1, -0.05) is 13.3 Å². The molecule has 0 bridgehead atoms. The number of nitrogens with zero attached hydrogens (tertiary/aromatic N) is 1. The number of imide groups is 1. The van der Waals surface area contributed by atoms with E-state index in [1.165, 1.54) is 0 Å². The average Bonchev–Trinajstić information content (AvgIpc) is 2.29. The van der Waals surface area contributed by atoms with Gasteiger partial charge in [0, 0.05) is 13.0 Å². The third-order valence-electron chi connectivity index (χ3n) is 2.68. The maximum absolute atomic E-state index is 12.3. The summed E-state index contributed by atoms with van der Waals surface area (Å²) >= 11 is 0. The summed E-state index contributed by atoms with van der Waals surface area (Å²) in [6.07, 6.45) is 0.216. The Morgan fingerprint density at radius 1 is 1.00 bits per heavy atom. The molecular weight excluding hydrogens is 286 g/mol. The molecule has 0 unspecified atom stereocenters. The molecular formula is C16H29NO5. The fourth-order valence-electron chi connectivity index (χ4n) is 1.62. The zero-order valence-electron chi connectivity index (χ0n) is 14.8. The van der Waals surface area contributed by atoms with Crippen LogP contribution in [0.25, 0.3) is 0 Å². The lowest BCUT2D eigenvalue weighted by Gasteiger charge is -2.30. The fraction of sp³-hybridized carbons (Fsp3) is 0.812. The van der Waals surface area contributed by atoms with Crippen LogP contribution in [0.15, 0.2) is 0 Å². The van der Waals surface area contributed by atoms with Gasteiger partial charge < -0.3 is 14.3 Å². The number of carbonyl (C=O) groups excluding carboxylic acids is 3. The number of aldehydes is 1. The number of hydrogen-bond donors (Lipinski definition) is 0. The first kappa shape index (κ1) is 20.4. The summed E-state index contributed by atoms with van der Waals surface area (Å²) in [5, 5.41) is 0. The van der Waals surface area contributed by atoms with Gasteiger partial charge in [-0.3, -0.25) is 0 Å². The van der Waals surface area contributed by atoms with Gasteiger partial charge in [0.1, 0.15) is 17.5 Å². The zero-order valence-corrected chi connectivity index (χ0v) is 14.8. The lowest BCUT2D eigenvalue weighted by Crippen LogP contribution is -2.45. The van der Waals surface area contributed by atoms with Crippen molar-refractivity contribution in [3.8, 4) is 0 Å². The molecule has 22 heavy (non-hydrogen) atoms. The molecule has 0 spiro atoms. The Morgan fingerprint density at radius 2 is 1.41 bits per heavy atom. The lowest BCUT2D eigenvalue weighted by molar-refractivity contribution is -0.108.